The number of nitrogens with zero attached hydrogens (tertiary/aromatic N) is 2. The highest BCUT2D eigenvalue weighted by molar-refractivity contribution is 5.93. The molecule has 39 heavy (non-hydrogen) atoms. The van der Waals surface area contributed by atoms with Crippen LogP contribution < -0.4 is 20.7 Å². The molecular weight excluding hydrogens is 494 g/mol. The molecule has 4 aliphatic rings. The van der Waals surface area contributed by atoms with Crippen molar-refractivity contribution in [3.63, 3.8) is 0 Å². The number of fused-ring (bicyclic) bond motifs is 2. The zero-order valence-corrected chi connectivity index (χ0v) is 23.5. The predicted octanol–water partition coefficient (Wildman–Crippen LogP) is 2.02. The quantitative estimate of drug-likeness (QED) is 0.467. The third-order valence-corrected chi connectivity index (χ3v) is 9.39. The number of hydrogen-bond acceptors (Lipinski definition) is 6. The maximum atomic E-state index is 14.3. The Labute approximate surface area is 232 Å². The van der Waals surface area contributed by atoms with Gasteiger partial charge in [0.05, 0.1) is 12.6 Å². The fourth-order valence-electron chi connectivity index (χ4n) is 6.89. The molecule has 3 heterocycles. The number of rotatable bonds is 8. The van der Waals surface area contributed by atoms with Gasteiger partial charge in [-0.1, -0.05) is 37.5 Å². The van der Waals surface area contributed by atoms with Gasteiger partial charge in [0.1, 0.15) is 17.8 Å². The summed E-state index contributed by atoms with van der Waals surface area (Å²) in [6.45, 7) is 5.01. The molecule has 1 saturated carbocycles. The third kappa shape index (κ3) is 6.24. The standard InChI is InChI=1S/C30H45N5O4/c1-20(31-2)28(36)33-27(21-9-4-3-5-10-21)30(38)35-18-23-11-8-15-34(23)19-25(35)29(37)32-17-22-14-16-39-26-13-7-6-12-24(22)26/h6-7,12-13,20-23,25,27,31H,3-5,8-11,14-19H2,1-2H3,(H,32,37)(H,33,36). The lowest BCUT2D eigenvalue weighted by Gasteiger charge is -2.45. The molecule has 3 fully saturated rings. The van der Waals surface area contributed by atoms with Crippen LogP contribution in [0.5, 0.6) is 5.75 Å². The SMILES string of the molecule is CNC(C)C(=O)NC(C(=O)N1CC2CCCN2CC1C(=O)NCC1CCOc2ccccc21)C1CCCCC1. The molecule has 3 aliphatic heterocycles. The Balaban J connectivity index is 1.33. The minimum absolute atomic E-state index is 0.0957. The van der Waals surface area contributed by atoms with Gasteiger partial charge < -0.3 is 25.6 Å². The van der Waals surface area contributed by atoms with Gasteiger partial charge in [0, 0.05) is 31.6 Å². The third-order valence-electron chi connectivity index (χ3n) is 9.39. The average Bonchev–Trinajstić information content (AvgIpc) is 3.45. The van der Waals surface area contributed by atoms with Crippen LogP contribution in [0.1, 0.15) is 69.8 Å². The molecule has 0 aromatic heterocycles. The molecule has 1 aromatic carbocycles. The summed E-state index contributed by atoms with van der Waals surface area (Å²) in [5.41, 5.74) is 1.12. The smallest absolute Gasteiger partial charge is 0.246 e. The minimum atomic E-state index is -0.598. The lowest BCUT2D eigenvalue weighted by Crippen LogP contribution is -2.66. The lowest BCUT2D eigenvalue weighted by atomic mass is 9.82. The molecule has 3 amide bonds. The first-order valence-electron chi connectivity index (χ1n) is 15.0. The van der Waals surface area contributed by atoms with E-state index in [2.05, 4.69) is 26.9 Å². The number of hydrogen-bond donors (Lipinski definition) is 3. The van der Waals surface area contributed by atoms with E-state index < -0.39 is 18.1 Å². The second-order valence-corrected chi connectivity index (χ2v) is 11.8. The van der Waals surface area contributed by atoms with Crippen molar-refractivity contribution in [3.8, 4) is 5.75 Å². The summed E-state index contributed by atoms with van der Waals surface area (Å²) in [6, 6.07) is 6.75. The molecule has 214 valence electrons. The van der Waals surface area contributed by atoms with Crippen molar-refractivity contribution in [2.45, 2.75) is 88.4 Å². The second-order valence-electron chi connectivity index (χ2n) is 11.8. The molecule has 9 heteroatoms. The Morgan fingerprint density at radius 3 is 2.62 bits per heavy atom. The molecule has 0 bridgehead atoms. The number of piperazine rings is 1. The molecule has 0 spiro atoms. The summed E-state index contributed by atoms with van der Waals surface area (Å²) in [6.07, 6.45) is 8.12. The van der Waals surface area contributed by atoms with Gasteiger partial charge in [-0.3, -0.25) is 19.3 Å². The zero-order chi connectivity index (χ0) is 27.4. The number of amides is 3. The van der Waals surface area contributed by atoms with Crippen LogP contribution in [0.3, 0.4) is 0 Å². The van der Waals surface area contributed by atoms with Crippen LogP contribution in [0.25, 0.3) is 0 Å². The van der Waals surface area contributed by atoms with Crippen LogP contribution in [-0.4, -0.2) is 91.5 Å². The molecule has 5 rings (SSSR count). The number of carbonyl (C=O) groups excluding carboxylic acids is 3. The van der Waals surface area contributed by atoms with E-state index >= 15 is 0 Å². The number of likely N-dealkylation sites (N-methyl/N-ethyl adjacent to an activating group) is 1. The first kappa shape index (κ1) is 27.9. The van der Waals surface area contributed by atoms with Gasteiger partial charge in [-0.25, -0.2) is 0 Å². The van der Waals surface area contributed by atoms with Gasteiger partial charge >= 0.3 is 0 Å². The normalized spacial score (nSPS) is 27.0. The van der Waals surface area contributed by atoms with Crippen LogP contribution >= 0.6 is 0 Å². The molecule has 5 atom stereocenters. The molecular formula is C30H45N5O4. The van der Waals surface area contributed by atoms with Crippen molar-refractivity contribution in [1.29, 1.82) is 0 Å². The maximum Gasteiger partial charge on any atom is 0.246 e. The number of carbonyl (C=O) groups is 3. The van der Waals surface area contributed by atoms with E-state index in [4.69, 9.17) is 4.74 Å². The molecule has 0 radical (unpaired) electrons. The van der Waals surface area contributed by atoms with E-state index in [1.54, 1.807) is 14.0 Å². The Morgan fingerprint density at radius 1 is 1.03 bits per heavy atom. The van der Waals surface area contributed by atoms with Crippen molar-refractivity contribution in [2.75, 3.05) is 39.8 Å². The van der Waals surface area contributed by atoms with Crippen LogP contribution in [0.2, 0.25) is 0 Å². The summed E-state index contributed by atoms with van der Waals surface area (Å²) in [5, 5.41) is 9.29. The van der Waals surface area contributed by atoms with E-state index in [9.17, 15) is 14.4 Å². The summed E-state index contributed by atoms with van der Waals surface area (Å²) in [7, 11) is 1.75. The van der Waals surface area contributed by atoms with Crippen LogP contribution in [0, 0.1) is 5.92 Å². The number of nitrogens with one attached hydrogen (secondary N) is 3. The largest absolute Gasteiger partial charge is 0.493 e. The average molecular weight is 540 g/mol. The van der Waals surface area contributed by atoms with Gasteiger partial charge in [-0.15, -0.1) is 0 Å². The van der Waals surface area contributed by atoms with Crippen molar-refractivity contribution < 1.29 is 19.1 Å². The first-order valence-corrected chi connectivity index (χ1v) is 15.0. The first-order chi connectivity index (χ1) is 19.0. The zero-order valence-electron chi connectivity index (χ0n) is 23.5. The molecule has 2 saturated heterocycles. The fraction of sp³-hybridized carbons (Fsp3) is 0.700. The maximum absolute atomic E-state index is 14.3. The van der Waals surface area contributed by atoms with E-state index in [1.165, 1.54) is 6.42 Å². The lowest BCUT2D eigenvalue weighted by molar-refractivity contribution is -0.149. The van der Waals surface area contributed by atoms with Crippen molar-refractivity contribution in [2.24, 2.45) is 5.92 Å². The van der Waals surface area contributed by atoms with Crippen LogP contribution in [0.15, 0.2) is 24.3 Å². The summed E-state index contributed by atoms with van der Waals surface area (Å²) in [5.74, 6) is 0.808. The molecule has 1 aliphatic carbocycles. The van der Waals surface area contributed by atoms with E-state index in [0.29, 0.717) is 26.2 Å². The summed E-state index contributed by atoms with van der Waals surface area (Å²) < 4.78 is 5.80. The Hall–Kier alpha value is -2.65. The van der Waals surface area contributed by atoms with Gasteiger partial charge in [0.25, 0.3) is 0 Å². The Kier molecular flexibility index (Phi) is 9.07. The molecule has 1 aromatic rings. The highest BCUT2D eigenvalue weighted by Gasteiger charge is 2.45. The fourth-order valence-corrected chi connectivity index (χ4v) is 6.89. The van der Waals surface area contributed by atoms with E-state index in [1.807, 2.05) is 23.1 Å². The Morgan fingerprint density at radius 2 is 1.82 bits per heavy atom. The molecule has 5 unspecified atom stereocenters. The van der Waals surface area contributed by atoms with Crippen molar-refractivity contribution in [1.82, 2.24) is 25.8 Å². The van der Waals surface area contributed by atoms with Crippen molar-refractivity contribution in [3.05, 3.63) is 29.8 Å². The van der Waals surface area contributed by atoms with Crippen LogP contribution in [0.4, 0.5) is 0 Å². The van der Waals surface area contributed by atoms with Gasteiger partial charge in [-0.05, 0) is 70.2 Å². The van der Waals surface area contributed by atoms with Gasteiger partial charge in [0.2, 0.25) is 17.7 Å². The summed E-state index contributed by atoms with van der Waals surface area (Å²) >= 11 is 0. The predicted molar refractivity (Wildman–Crippen MR) is 149 cm³/mol. The summed E-state index contributed by atoms with van der Waals surface area (Å²) in [4.78, 5) is 45.2. The number of ether oxygens (including phenoxy) is 1. The molecule has 3 N–H and O–H groups in total. The van der Waals surface area contributed by atoms with Crippen molar-refractivity contribution >= 4 is 17.7 Å². The monoisotopic (exact) mass is 539 g/mol. The van der Waals surface area contributed by atoms with Crippen LogP contribution in [-0.2, 0) is 14.4 Å². The Bertz CT molecular complexity index is 1030. The van der Waals surface area contributed by atoms with Gasteiger partial charge in [0.15, 0.2) is 0 Å². The topological polar surface area (TPSA) is 103 Å². The number of benzene rings is 1. The van der Waals surface area contributed by atoms with E-state index in [0.717, 1.165) is 62.8 Å². The second kappa shape index (κ2) is 12.7. The highest BCUT2D eigenvalue weighted by atomic mass is 16.5. The molecule has 9 nitrogen and oxygen atoms in total. The minimum Gasteiger partial charge on any atom is -0.493 e. The highest BCUT2D eigenvalue weighted by Crippen LogP contribution is 2.33. The van der Waals surface area contributed by atoms with Gasteiger partial charge in [-0.2, -0.15) is 0 Å². The van der Waals surface area contributed by atoms with E-state index in [-0.39, 0.29) is 35.6 Å². The number of para-hydroxylation sites is 1.